The van der Waals surface area contributed by atoms with E-state index in [0.29, 0.717) is 191 Å². The molecule has 8 heterocycles. The highest BCUT2D eigenvalue weighted by molar-refractivity contribution is 6.03. The number of nitrogens with one attached hydrogen (secondary N) is 4. The number of aromatic nitrogens is 8. The Balaban J connectivity index is 0.000000148. The molecule has 25 nitrogen and oxygen atoms in total. The molecule has 0 radical (unpaired) electrons. The molecule has 8 aromatic carbocycles. The minimum atomic E-state index is -0.639. The van der Waals surface area contributed by atoms with E-state index < -0.39 is 47.4 Å². The van der Waals surface area contributed by atoms with E-state index in [1.807, 2.05) is 79.7 Å². The van der Waals surface area contributed by atoms with Crippen molar-refractivity contribution in [2.75, 3.05) is 87.7 Å². The van der Waals surface area contributed by atoms with Gasteiger partial charge < -0.3 is 64.1 Å². The lowest BCUT2D eigenvalue weighted by Crippen LogP contribution is -2.31. The van der Waals surface area contributed by atoms with Gasteiger partial charge in [0.1, 0.15) is 91.8 Å². The van der Waals surface area contributed by atoms with Gasteiger partial charge in [-0.2, -0.15) is 20.4 Å². The van der Waals surface area contributed by atoms with Gasteiger partial charge in [-0.05, 0) is 205 Å². The molecule has 644 valence electrons. The number of aliphatic hydroxyl groups excluding tert-OH is 1. The second-order valence-corrected chi connectivity index (χ2v) is 30.7. The van der Waals surface area contributed by atoms with Gasteiger partial charge in [-0.3, -0.25) is 39.6 Å². The van der Waals surface area contributed by atoms with Crippen molar-refractivity contribution in [3.8, 4) is 68.0 Å². The van der Waals surface area contributed by atoms with Crippen molar-refractivity contribution in [2.24, 2.45) is 0 Å². The number of carbonyl (C=O) groups is 4. The third-order valence-corrected chi connectivity index (χ3v) is 22.7. The maximum Gasteiger partial charge on any atom is 0.273 e. The van der Waals surface area contributed by atoms with E-state index in [9.17, 15) is 57.2 Å². The van der Waals surface area contributed by atoms with E-state index in [4.69, 9.17) is 24.1 Å². The third-order valence-electron chi connectivity index (χ3n) is 22.7. The lowest BCUT2D eigenvalue weighted by molar-refractivity contribution is 0.0713. The Hall–Kier alpha value is -12.8. The molecule has 0 saturated heterocycles. The van der Waals surface area contributed by atoms with Crippen molar-refractivity contribution in [3.63, 3.8) is 0 Å². The second-order valence-electron chi connectivity index (χ2n) is 30.7. The number of aromatic hydroxyl groups is 4. The number of hydrogen-bond acceptors (Lipinski definition) is 17. The number of aryl methyl sites for hydroxylation is 8. The molecule has 4 unspecified atom stereocenters. The minimum absolute atomic E-state index is 0.0740. The number of H-pyrrole nitrogens is 4. The zero-order valence-corrected chi connectivity index (χ0v) is 70.9. The summed E-state index contributed by atoms with van der Waals surface area (Å²) in [6, 6.07) is 37.3. The van der Waals surface area contributed by atoms with Crippen LogP contribution in [0.5, 0.6) is 23.0 Å². The Kier molecular flexibility index (Phi) is 28.6. The van der Waals surface area contributed by atoms with E-state index in [1.54, 1.807) is 152 Å². The van der Waals surface area contributed by atoms with Crippen LogP contribution in [0, 0.1) is 78.7 Å². The minimum Gasteiger partial charge on any atom is -0.507 e. The molecule has 4 amide bonds. The number of nitrogens with zero attached hydrogens (tertiary/aromatic N) is 8. The standard InChI is InChI=1S/4C23H24FN3O3.C2H6O/c4*1-13-11-16(18(28)12-14(13)2)20-19-21(26-25-20)23(29)27(9-6-10-30-3)22(19)15-7-4-5-8-17(15)24;1-2-3/h4*4-5,7-8,11-12,22,28H,6,9-10H2,1-3H3,(H,25,26);3H,2H2,1H3. The predicted octanol–water partition coefficient (Wildman–Crippen LogP) is 16.5. The molecule has 29 heteroatoms. The highest BCUT2D eigenvalue weighted by Crippen LogP contribution is 2.51. The van der Waals surface area contributed by atoms with Gasteiger partial charge >= 0.3 is 0 Å². The maximum atomic E-state index is 14.8. The largest absolute Gasteiger partial charge is 0.507 e. The molecule has 0 saturated carbocycles. The number of methoxy groups -OCH3 is 4. The first-order valence-electron chi connectivity index (χ1n) is 40.5. The lowest BCUT2D eigenvalue weighted by atomic mass is 9.94. The molecule has 0 bridgehead atoms. The molecule has 0 spiro atoms. The first kappa shape index (κ1) is 89.5. The van der Waals surface area contributed by atoms with E-state index in [-0.39, 0.29) is 53.2 Å². The molecular formula is C94H102F4N12O13. The van der Waals surface area contributed by atoms with Crippen molar-refractivity contribution in [3.05, 3.63) is 281 Å². The summed E-state index contributed by atoms with van der Waals surface area (Å²) in [7, 11) is 6.42. The Labute approximate surface area is 710 Å². The van der Waals surface area contributed by atoms with Crippen LogP contribution >= 0.6 is 0 Å². The molecule has 0 aliphatic carbocycles. The van der Waals surface area contributed by atoms with Gasteiger partial charge in [-0.1, -0.05) is 72.8 Å². The number of phenols is 4. The van der Waals surface area contributed by atoms with Crippen LogP contribution in [-0.4, -0.2) is 197 Å². The van der Waals surface area contributed by atoms with Crippen LogP contribution in [0.15, 0.2) is 146 Å². The van der Waals surface area contributed by atoms with Crippen LogP contribution in [0.1, 0.15) is 188 Å². The molecule has 16 rings (SSSR count). The van der Waals surface area contributed by atoms with Gasteiger partial charge in [0.05, 0.1) is 24.2 Å². The number of carbonyl (C=O) groups excluding carboxylic acids is 4. The summed E-state index contributed by atoms with van der Waals surface area (Å²) in [4.78, 5) is 59.2. The number of benzene rings is 8. The Bertz CT molecular complexity index is 5160. The average Bonchev–Trinajstić information content (AvgIpc) is 1.60. The van der Waals surface area contributed by atoms with Gasteiger partial charge in [0, 0.05) is 154 Å². The number of halogens is 4. The molecule has 0 fully saturated rings. The Morgan fingerprint density at radius 2 is 0.504 bits per heavy atom. The number of hydrogen-bond donors (Lipinski definition) is 9. The quantitative estimate of drug-likeness (QED) is 0.0200. The van der Waals surface area contributed by atoms with E-state index >= 15 is 0 Å². The monoisotopic (exact) mass is 1680 g/mol. The van der Waals surface area contributed by atoms with Crippen LogP contribution in [0.2, 0.25) is 0 Å². The molecule has 4 aromatic heterocycles. The zero-order chi connectivity index (χ0) is 88.4. The summed E-state index contributed by atoms with van der Waals surface area (Å²) < 4.78 is 79.8. The van der Waals surface area contributed by atoms with Gasteiger partial charge in [0.25, 0.3) is 23.6 Å². The molecule has 9 N–H and O–H groups in total. The first-order valence-corrected chi connectivity index (χ1v) is 40.5. The number of rotatable bonds is 24. The number of aromatic amines is 4. The van der Waals surface area contributed by atoms with E-state index in [1.165, 1.54) is 24.3 Å². The third kappa shape index (κ3) is 18.1. The Morgan fingerprint density at radius 1 is 0.325 bits per heavy atom. The number of aliphatic hydroxyl groups is 1. The van der Waals surface area contributed by atoms with Crippen molar-refractivity contribution in [2.45, 2.75) is 112 Å². The summed E-state index contributed by atoms with van der Waals surface area (Å²) in [5.74, 6) is -2.23. The SMILES string of the molecule is CCO.COCCCN1C(=O)c2[nH]nc(-c3cc(C)c(C)cc3O)c2C1c1ccccc1F.COCCCN1C(=O)c2[nH]nc(-c3cc(C)c(C)cc3O)c2C1c1ccccc1F.COCCCN1C(=O)c2[nH]nc(-c3cc(C)c(C)cc3O)c2C1c1ccccc1F.COCCCN1C(=O)c2[nH]nc(-c3cc(C)c(C)cc3O)c2C1c1ccccc1F. The fourth-order valence-corrected chi connectivity index (χ4v) is 16.1. The van der Waals surface area contributed by atoms with Crippen LogP contribution in [0.25, 0.3) is 45.0 Å². The molecular weight excluding hydrogens is 1580 g/mol. The maximum absolute atomic E-state index is 14.8. The van der Waals surface area contributed by atoms with E-state index in [2.05, 4.69) is 40.8 Å². The van der Waals surface area contributed by atoms with Crippen molar-refractivity contribution < 1.29 is 81.2 Å². The second kappa shape index (κ2) is 39.4. The number of phenolic OH excluding ortho intramolecular Hbond substituents is 4. The molecule has 4 atom stereocenters. The summed E-state index contributed by atoms with van der Waals surface area (Å²) in [5.41, 5.74) is 16.9. The topological polar surface area (TPSA) is 334 Å². The summed E-state index contributed by atoms with van der Waals surface area (Å²) in [6.07, 6.45) is 2.48. The lowest BCUT2D eigenvalue weighted by Gasteiger charge is -2.26. The van der Waals surface area contributed by atoms with Gasteiger partial charge in [-0.25, -0.2) is 17.6 Å². The number of amides is 4. The highest BCUT2D eigenvalue weighted by atomic mass is 19.1. The normalized spacial score (nSPS) is 15.4. The molecule has 123 heavy (non-hydrogen) atoms. The van der Waals surface area contributed by atoms with Crippen LogP contribution in [0.3, 0.4) is 0 Å². The number of fused-ring (bicyclic) bond motifs is 4. The van der Waals surface area contributed by atoms with Crippen LogP contribution in [0.4, 0.5) is 17.6 Å². The molecule has 4 aliphatic heterocycles. The fourth-order valence-electron chi connectivity index (χ4n) is 16.1. The van der Waals surface area contributed by atoms with Crippen LogP contribution < -0.4 is 0 Å². The fraction of sp³-hybridized carbons (Fsp3) is 0.319. The average molecular weight is 1680 g/mol. The van der Waals surface area contributed by atoms with Crippen LogP contribution in [-0.2, 0) is 18.9 Å². The Morgan fingerprint density at radius 3 is 0.683 bits per heavy atom. The first-order chi connectivity index (χ1) is 59.2. The van der Waals surface area contributed by atoms with Gasteiger partial charge in [0.2, 0.25) is 0 Å². The number of ether oxygens (including phenoxy) is 4. The molecule has 4 aliphatic rings. The molecule has 12 aromatic rings. The summed E-state index contributed by atoms with van der Waals surface area (Å²) in [5, 5.41) is 78.6. The highest BCUT2D eigenvalue weighted by Gasteiger charge is 2.48. The van der Waals surface area contributed by atoms with Gasteiger partial charge in [-0.15, -0.1) is 0 Å². The summed E-state index contributed by atoms with van der Waals surface area (Å²) in [6.45, 7) is 21.0. The van der Waals surface area contributed by atoms with E-state index in [0.717, 1.165) is 44.5 Å². The smallest absolute Gasteiger partial charge is 0.273 e. The van der Waals surface area contributed by atoms with Gasteiger partial charge in [0.15, 0.2) is 0 Å². The summed E-state index contributed by atoms with van der Waals surface area (Å²) >= 11 is 0. The zero-order valence-electron chi connectivity index (χ0n) is 70.9. The van der Waals surface area contributed by atoms with Crippen molar-refractivity contribution >= 4 is 23.6 Å². The predicted molar refractivity (Wildman–Crippen MR) is 456 cm³/mol. The van der Waals surface area contributed by atoms with Crippen molar-refractivity contribution in [1.82, 2.24) is 60.4 Å². The van der Waals surface area contributed by atoms with Crippen molar-refractivity contribution in [1.29, 1.82) is 0 Å².